The molecule has 0 atom stereocenters. The largest absolute Gasteiger partial charge is 0.421 e. The minimum Gasteiger partial charge on any atom is -0.223 e. The highest BCUT2D eigenvalue weighted by Crippen LogP contribution is 2.37. The van der Waals surface area contributed by atoms with Crippen LogP contribution in [0.1, 0.15) is 23.2 Å². The molecule has 0 saturated carbocycles. The zero-order chi connectivity index (χ0) is 13.2. The molecule has 0 fully saturated rings. The third-order valence-electron chi connectivity index (χ3n) is 1.84. The Bertz CT molecular complexity index is 460. The normalized spacial score (nSPS) is 11.6. The number of hydrogen-bond donors (Lipinski definition) is 0. The summed E-state index contributed by atoms with van der Waals surface area (Å²) < 4.78 is 74.7. The molecule has 92 valence electrons. The molecule has 1 rings (SSSR count). The van der Waals surface area contributed by atoms with Gasteiger partial charge in [0.25, 0.3) is 6.43 Å². The van der Waals surface area contributed by atoms with Crippen molar-refractivity contribution in [3.05, 3.63) is 28.8 Å². The van der Waals surface area contributed by atoms with E-state index in [1.807, 2.05) is 0 Å². The average molecular weight is 254 g/mol. The van der Waals surface area contributed by atoms with Crippen LogP contribution in [0.4, 0.5) is 26.3 Å². The molecule has 0 saturated heterocycles. The van der Waals surface area contributed by atoms with Crippen LogP contribution in [0.15, 0.2) is 6.07 Å². The second-order valence-electron chi connectivity index (χ2n) is 3.00. The van der Waals surface area contributed by atoms with E-state index in [1.54, 1.807) is 0 Å². The van der Waals surface area contributed by atoms with Crippen molar-refractivity contribution in [1.82, 2.24) is 4.98 Å². The van der Waals surface area contributed by atoms with E-state index >= 15 is 0 Å². The van der Waals surface area contributed by atoms with Crippen LogP contribution in [-0.2, 0) is 12.6 Å². The van der Waals surface area contributed by atoms with E-state index in [0.717, 1.165) is 0 Å². The Labute approximate surface area is 91.5 Å². The van der Waals surface area contributed by atoms with Gasteiger partial charge in [-0.05, 0) is 6.07 Å². The lowest BCUT2D eigenvalue weighted by Gasteiger charge is -2.13. The maximum Gasteiger partial charge on any atom is 0.421 e. The first-order valence-corrected chi connectivity index (χ1v) is 4.19. The Kier molecular flexibility index (Phi) is 3.60. The lowest BCUT2D eigenvalue weighted by molar-refractivity contribution is -0.142. The highest BCUT2D eigenvalue weighted by molar-refractivity contribution is 5.32. The highest BCUT2D eigenvalue weighted by atomic mass is 19.4. The van der Waals surface area contributed by atoms with E-state index in [9.17, 15) is 26.3 Å². The molecule has 0 unspecified atom stereocenters. The predicted molar refractivity (Wildman–Crippen MR) is 43.5 cm³/mol. The molecule has 0 radical (unpaired) electrons. The maximum absolute atomic E-state index is 13.0. The van der Waals surface area contributed by atoms with Crippen molar-refractivity contribution in [2.45, 2.75) is 19.0 Å². The molecule has 17 heavy (non-hydrogen) atoms. The first-order chi connectivity index (χ1) is 7.77. The van der Waals surface area contributed by atoms with Crippen molar-refractivity contribution >= 4 is 0 Å². The van der Waals surface area contributed by atoms with E-state index in [2.05, 4.69) is 4.98 Å². The molecular formula is C9H4F6N2. The number of hydrogen-bond acceptors (Lipinski definition) is 2. The SMILES string of the molecule is N#CCc1cc(C(F)F)c(C(F)(F)F)c(F)n1. The molecule has 0 aliphatic carbocycles. The van der Waals surface area contributed by atoms with Gasteiger partial charge in [-0.2, -0.15) is 22.8 Å². The van der Waals surface area contributed by atoms with Crippen LogP contribution in [0.5, 0.6) is 0 Å². The maximum atomic E-state index is 13.0. The Morgan fingerprint density at radius 1 is 1.35 bits per heavy atom. The van der Waals surface area contributed by atoms with Gasteiger partial charge in [-0.15, -0.1) is 0 Å². The molecule has 0 N–H and O–H groups in total. The van der Waals surface area contributed by atoms with E-state index < -0.39 is 41.8 Å². The number of alkyl halides is 5. The van der Waals surface area contributed by atoms with Gasteiger partial charge >= 0.3 is 6.18 Å². The van der Waals surface area contributed by atoms with Crippen molar-refractivity contribution in [3.8, 4) is 6.07 Å². The first kappa shape index (κ1) is 13.3. The molecule has 0 aromatic carbocycles. The fourth-order valence-electron chi connectivity index (χ4n) is 1.21. The molecule has 0 spiro atoms. The van der Waals surface area contributed by atoms with Crippen LogP contribution < -0.4 is 0 Å². The van der Waals surface area contributed by atoms with E-state index in [-0.39, 0.29) is 0 Å². The highest BCUT2D eigenvalue weighted by Gasteiger charge is 2.40. The molecule has 1 aromatic rings. The van der Waals surface area contributed by atoms with Crippen LogP contribution in [-0.4, -0.2) is 4.98 Å². The molecule has 0 aliphatic rings. The van der Waals surface area contributed by atoms with Crippen molar-refractivity contribution in [3.63, 3.8) is 0 Å². The summed E-state index contributed by atoms with van der Waals surface area (Å²) in [6.45, 7) is 0. The van der Waals surface area contributed by atoms with Crippen LogP contribution in [0.2, 0.25) is 0 Å². The number of nitriles is 1. The summed E-state index contributed by atoms with van der Waals surface area (Å²) in [5, 5.41) is 8.25. The summed E-state index contributed by atoms with van der Waals surface area (Å²) >= 11 is 0. The third kappa shape index (κ3) is 2.87. The van der Waals surface area contributed by atoms with Crippen LogP contribution in [0.3, 0.4) is 0 Å². The second-order valence-corrected chi connectivity index (χ2v) is 3.00. The number of nitrogens with zero attached hydrogens (tertiary/aromatic N) is 2. The fourth-order valence-corrected chi connectivity index (χ4v) is 1.21. The smallest absolute Gasteiger partial charge is 0.223 e. The summed E-state index contributed by atoms with van der Waals surface area (Å²) in [6.07, 6.45) is -9.30. The van der Waals surface area contributed by atoms with Crippen LogP contribution in [0.25, 0.3) is 0 Å². The molecule has 0 amide bonds. The summed E-state index contributed by atoms with van der Waals surface area (Å²) in [7, 11) is 0. The molecule has 0 aliphatic heterocycles. The molecule has 2 nitrogen and oxygen atoms in total. The van der Waals surface area contributed by atoms with Gasteiger partial charge < -0.3 is 0 Å². The van der Waals surface area contributed by atoms with E-state index in [0.29, 0.717) is 6.07 Å². The van der Waals surface area contributed by atoms with Gasteiger partial charge in [0, 0.05) is 5.56 Å². The van der Waals surface area contributed by atoms with Crippen molar-refractivity contribution < 1.29 is 26.3 Å². The lowest BCUT2D eigenvalue weighted by atomic mass is 10.1. The van der Waals surface area contributed by atoms with Crippen LogP contribution in [0, 0.1) is 17.3 Å². The minimum atomic E-state index is -5.26. The Hall–Kier alpha value is -1.78. The predicted octanol–water partition coefficient (Wildman–Crippen LogP) is 3.24. The number of rotatable bonds is 2. The standard InChI is InChI=1S/C9H4F6N2/c10-7(11)5-3-4(1-2-16)17-8(12)6(5)9(13,14)15/h3,7H,1H2. The molecule has 8 heteroatoms. The molecule has 1 heterocycles. The Morgan fingerprint density at radius 3 is 2.35 bits per heavy atom. The Morgan fingerprint density at radius 2 is 1.94 bits per heavy atom. The van der Waals surface area contributed by atoms with Gasteiger partial charge in [-0.3, -0.25) is 0 Å². The fraction of sp³-hybridized carbons (Fsp3) is 0.333. The second kappa shape index (κ2) is 4.61. The van der Waals surface area contributed by atoms with Crippen molar-refractivity contribution in [2.24, 2.45) is 0 Å². The third-order valence-corrected chi connectivity index (χ3v) is 1.84. The van der Waals surface area contributed by atoms with Gasteiger partial charge in [0.2, 0.25) is 5.95 Å². The average Bonchev–Trinajstić information content (AvgIpc) is 2.14. The topological polar surface area (TPSA) is 36.7 Å². The lowest BCUT2D eigenvalue weighted by Crippen LogP contribution is -2.15. The van der Waals surface area contributed by atoms with Gasteiger partial charge in [0.15, 0.2) is 0 Å². The summed E-state index contributed by atoms with van der Waals surface area (Å²) in [4.78, 5) is 2.83. The van der Waals surface area contributed by atoms with Gasteiger partial charge in [0.05, 0.1) is 18.2 Å². The monoisotopic (exact) mass is 254 g/mol. The van der Waals surface area contributed by atoms with Crippen LogP contribution >= 0.6 is 0 Å². The number of pyridine rings is 1. The number of aromatic nitrogens is 1. The van der Waals surface area contributed by atoms with E-state index in [4.69, 9.17) is 5.26 Å². The van der Waals surface area contributed by atoms with Gasteiger partial charge in [0.1, 0.15) is 5.56 Å². The van der Waals surface area contributed by atoms with Gasteiger partial charge in [-0.25, -0.2) is 13.8 Å². The minimum absolute atomic E-state index is 0.389. The molecular weight excluding hydrogens is 250 g/mol. The van der Waals surface area contributed by atoms with Crippen molar-refractivity contribution in [2.75, 3.05) is 0 Å². The first-order valence-electron chi connectivity index (χ1n) is 4.19. The van der Waals surface area contributed by atoms with Gasteiger partial charge in [-0.1, -0.05) is 0 Å². The summed E-state index contributed by atoms with van der Waals surface area (Å²) in [5.74, 6) is -2.04. The quantitative estimate of drug-likeness (QED) is 0.600. The molecule has 0 bridgehead atoms. The Balaban J connectivity index is 3.45. The van der Waals surface area contributed by atoms with E-state index in [1.165, 1.54) is 6.07 Å². The zero-order valence-electron chi connectivity index (χ0n) is 8.02. The van der Waals surface area contributed by atoms with Crippen molar-refractivity contribution in [1.29, 1.82) is 5.26 Å². The zero-order valence-corrected chi connectivity index (χ0v) is 8.02. The summed E-state index contributed by atoms with van der Waals surface area (Å²) in [6, 6.07) is 1.87. The summed E-state index contributed by atoms with van der Waals surface area (Å²) in [5.41, 5.74) is -4.06. The molecule has 1 aromatic heterocycles. The number of halogens is 6.